The molecule has 0 saturated carbocycles. The van der Waals surface area contributed by atoms with Gasteiger partial charge in [0.1, 0.15) is 11.2 Å². The molecular weight excluding hydrogens is 460 g/mol. The van der Waals surface area contributed by atoms with E-state index < -0.39 is 16.2 Å². The molecule has 1 unspecified atom stereocenters. The number of aryl methyl sites for hydroxylation is 1. The number of nitrogens with zero attached hydrogens (tertiary/aromatic N) is 4. The van der Waals surface area contributed by atoms with E-state index in [2.05, 4.69) is 4.57 Å². The van der Waals surface area contributed by atoms with Gasteiger partial charge in [-0.1, -0.05) is 29.8 Å². The van der Waals surface area contributed by atoms with Crippen LogP contribution in [-0.4, -0.2) is 55.6 Å². The Hall–Kier alpha value is -2.71. The predicted octanol–water partition coefficient (Wildman–Crippen LogP) is 3.11. The number of amides is 2. The lowest BCUT2D eigenvalue weighted by Gasteiger charge is -2.46. The lowest BCUT2D eigenvalue weighted by molar-refractivity contribution is -0.142. The molecule has 1 saturated heterocycles. The summed E-state index contributed by atoms with van der Waals surface area (Å²) < 4.78 is 13.7. The highest BCUT2D eigenvalue weighted by Crippen LogP contribution is 2.47. The van der Waals surface area contributed by atoms with Crippen molar-refractivity contribution in [3.8, 4) is 0 Å². The first-order chi connectivity index (χ1) is 15.8. The highest BCUT2D eigenvalue weighted by atomic mass is 35.5. The van der Waals surface area contributed by atoms with Gasteiger partial charge in [-0.2, -0.15) is 0 Å². The molecule has 5 rings (SSSR count). The number of likely N-dealkylation sites (tertiary alicyclic amines) is 1. The van der Waals surface area contributed by atoms with Crippen molar-refractivity contribution >= 4 is 50.9 Å². The largest absolute Gasteiger partial charge is 0.340 e. The molecule has 33 heavy (non-hydrogen) atoms. The van der Waals surface area contributed by atoms with Crippen molar-refractivity contribution in [1.29, 1.82) is 0 Å². The SMILES string of the molecule is CC(=O)N1CC2(C1)C(=O)N(Cc1nc3cc(Cl)ccc3n1CCCS(C)=O)c1ccccc12. The first kappa shape index (κ1) is 22.1. The fraction of sp³-hybridized carbons (Fsp3) is 0.375. The minimum Gasteiger partial charge on any atom is -0.340 e. The van der Waals surface area contributed by atoms with Crippen molar-refractivity contribution in [3.05, 3.63) is 58.9 Å². The quantitative estimate of drug-likeness (QED) is 0.538. The van der Waals surface area contributed by atoms with E-state index in [0.717, 1.165) is 34.5 Å². The molecule has 9 heteroatoms. The maximum atomic E-state index is 13.7. The van der Waals surface area contributed by atoms with E-state index >= 15 is 0 Å². The molecule has 3 aromatic rings. The van der Waals surface area contributed by atoms with E-state index in [1.165, 1.54) is 6.92 Å². The highest BCUT2D eigenvalue weighted by Gasteiger charge is 2.58. The molecule has 0 radical (unpaired) electrons. The average Bonchev–Trinajstić information content (AvgIpc) is 3.19. The minimum absolute atomic E-state index is 0.00694. The van der Waals surface area contributed by atoms with Crippen molar-refractivity contribution in [2.75, 3.05) is 30.0 Å². The molecule has 2 aliphatic rings. The zero-order chi connectivity index (χ0) is 23.3. The van der Waals surface area contributed by atoms with Gasteiger partial charge >= 0.3 is 0 Å². The maximum absolute atomic E-state index is 13.7. The second-order valence-electron chi connectivity index (χ2n) is 8.81. The van der Waals surface area contributed by atoms with Gasteiger partial charge in [0.2, 0.25) is 11.8 Å². The molecule has 2 aromatic carbocycles. The van der Waals surface area contributed by atoms with Crippen molar-refractivity contribution in [2.45, 2.75) is 31.8 Å². The third-order valence-electron chi connectivity index (χ3n) is 6.63. The topological polar surface area (TPSA) is 75.5 Å². The van der Waals surface area contributed by atoms with Gasteiger partial charge in [-0.3, -0.25) is 13.8 Å². The van der Waals surface area contributed by atoms with Crippen LogP contribution in [0.5, 0.6) is 0 Å². The zero-order valence-corrected chi connectivity index (χ0v) is 20.2. The minimum atomic E-state index is -0.873. The third-order valence-corrected chi connectivity index (χ3v) is 7.73. The molecule has 1 atom stereocenters. The fourth-order valence-corrected chi connectivity index (χ4v) is 5.68. The van der Waals surface area contributed by atoms with Crippen molar-refractivity contribution in [3.63, 3.8) is 0 Å². The predicted molar refractivity (Wildman–Crippen MR) is 130 cm³/mol. The van der Waals surface area contributed by atoms with Crippen LogP contribution in [0.4, 0.5) is 5.69 Å². The Morgan fingerprint density at radius 1 is 1.21 bits per heavy atom. The standard InChI is InChI=1S/C24H25ClN4O3S/c1-16(30)27-14-24(15-27)18-6-3-4-7-20(18)29(23(24)31)13-22-26-19-12-17(25)8-9-21(19)28(22)10-5-11-33(2)32/h3-4,6-9,12H,5,10-11,13-15H2,1-2H3. The molecule has 7 nitrogen and oxygen atoms in total. The van der Waals surface area contributed by atoms with Crippen molar-refractivity contribution < 1.29 is 13.8 Å². The first-order valence-electron chi connectivity index (χ1n) is 10.9. The average molecular weight is 485 g/mol. The number of hydrogen-bond donors (Lipinski definition) is 0. The Morgan fingerprint density at radius 2 is 1.97 bits per heavy atom. The summed E-state index contributed by atoms with van der Waals surface area (Å²) in [5.74, 6) is 1.35. The normalized spacial score (nSPS) is 17.5. The summed E-state index contributed by atoms with van der Waals surface area (Å²) in [6, 6.07) is 13.4. The molecule has 172 valence electrons. The number of aromatic nitrogens is 2. The number of carbonyl (C=O) groups excluding carboxylic acids is 2. The Morgan fingerprint density at radius 3 is 2.70 bits per heavy atom. The van der Waals surface area contributed by atoms with Gasteiger partial charge in [-0.15, -0.1) is 0 Å². The molecule has 2 amide bonds. The number of carbonyl (C=O) groups is 2. The number of imidazole rings is 1. The fourth-order valence-electron chi connectivity index (χ4n) is 4.98. The Bertz CT molecular complexity index is 1300. The molecule has 3 heterocycles. The van der Waals surface area contributed by atoms with E-state index in [-0.39, 0.29) is 11.8 Å². The van der Waals surface area contributed by atoms with Gasteiger partial charge in [0.15, 0.2) is 0 Å². The smallest absolute Gasteiger partial charge is 0.241 e. The van der Waals surface area contributed by atoms with E-state index in [9.17, 15) is 13.8 Å². The monoisotopic (exact) mass is 484 g/mol. The summed E-state index contributed by atoms with van der Waals surface area (Å²) in [6.07, 6.45) is 2.45. The number of halogens is 1. The summed E-state index contributed by atoms with van der Waals surface area (Å²) in [5.41, 5.74) is 2.88. The highest BCUT2D eigenvalue weighted by molar-refractivity contribution is 7.84. The Labute approximate surface area is 199 Å². The van der Waals surface area contributed by atoms with Crippen LogP contribution < -0.4 is 4.90 Å². The van der Waals surface area contributed by atoms with Crippen LogP contribution in [0, 0.1) is 0 Å². The molecule has 2 aliphatic heterocycles. The summed E-state index contributed by atoms with van der Waals surface area (Å²) in [7, 11) is -0.873. The molecule has 1 fully saturated rings. The molecular formula is C24H25ClN4O3S. The number of benzene rings is 2. The van der Waals surface area contributed by atoms with Crippen LogP contribution in [0.2, 0.25) is 5.02 Å². The molecule has 1 spiro atoms. The van der Waals surface area contributed by atoms with Crippen LogP contribution in [-0.2, 0) is 38.9 Å². The van der Waals surface area contributed by atoms with E-state index in [0.29, 0.717) is 37.0 Å². The summed E-state index contributed by atoms with van der Waals surface area (Å²) >= 11 is 6.20. The number of hydrogen-bond acceptors (Lipinski definition) is 4. The van der Waals surface area contributed by atoms with Gasteiger partial charge in [-0.25, -0.2) is 4.98 Å². The molecule has 1 aromatic heterocycles. The number of fused-ring (bicyclic) bond motifs is 3. The van der Waals surface area contributed by atoms with Gasteiger partial charge in [0.05, 0.1) is 17.6 Å². The van der Waals surface area contributed by atoms with Crippen LogP contribution in [0.15, 0.2) is 42.5 Å². The zero-order valence-electron chi connectivity index (χ0n) is 18.6. The van der Waals surface area contributed by atoms with Gasteiger partial charge in [0, 0.05) is 60.1 Å². The van der Waals surface area contributed by atoms with Crippen LogP contribution in [0.3, 0.4) is 0 Å². The van der Waals surface area contributed by atoms with Crippen LogP contribution >= 0.6 is 11.6 Å². The molecule has 0 N–H and O–H groups in total. The number of anilines is 1. The lowest BCUT2D eigenvalue weighted by Crippen LogP contribution is -2.64. The van der Waals surface area contributed by atoms with Gasteiger partial charge in [0.25, 0.3) is 0 Å². The van der Waals surface area contributed by atoms with Gasteiger partial charge in [-0.05, 0) is 36.2 Å². The lowest BCUT2D eigenvalue weighted by atomic mass is 9.74. The summed E-state index contributed by atoms with van der Waals surface area (Å²) in [4.78, 5) is 33.9. The summed E-state index contributed by atoms with van der Waals surface area (Å²) in [6.45, 7) is 3.32. The van der Waals surface area contributed by atoms with E-state index in [4.69, 9.17) is 16.6 Å². The van der Waals surface area contributed by atoms with Crippen molar-refractivity contribution in [2.24, 2.45) is 0 Å². The first-order valence-corrected chi connectivity index (χ1v) is 13.0. The number of rotatable bonds is 6. The Balaban J connectivity index is 1.51. The molecule has 0 bridgehead atoms. The van der Waals surface area contributed by atoms with Crippen molar-refractivity contribution in [1.82, 2.24) is 14.5 Å². The van der Waals surface area contributed by atoms with Gasteiger partial charge < -0.3 is 14.4 Å². The third kappa shape index (κ3) is 3.65. The maximum Gasteiger partial charge on any atom is 0.241 e. The van der Waals surface area contributed by atoms with Crippen LogP contribution in [0.25, 0.3) is 11.0 Å². The van der Waals surface area contributed by atoms with E-state index in [1.807, 2.05) is 42.5 Å². The number of para-hydroxylation sites is 1. The summed E-state index contributed by atoms with van der Waals surface area (Å²) in [5, 5.41) is 0.605. The molecule has 0 aliphatic carbocycles. The second-order valence-corrected chi connectivity index (χ2v) is 10.8. The second kappa shape index (κ2) is 8.25. The Kier molecular flexibility index (Phi) is 5.53. The van der Waals surface area contributed by atoms with Crippen LogP contribution in [0.1, 0.15) is 24.7 Å². The van der Waals surface area contributed by atoms with E-state index in [1.54, 1.807) is 16.1 Å².